The molecule has 1 fully saturated rings. The second kappa shape index (κ2) is 6.19. The zero-order chi connectivity index (χ0) is 20.4. The van der Waals surface area contributed by atoms with Crippen LogP contribution in [0.5, 0.6) is 0 Å². The molecule has 0 spiro atoms. The summed E-state index contributed by atoms with van der Waals surface area (Å²) in [5.41, 5.74) is 4.22. The first kappa shape index (κ1) is 17.3. The summed E-state index contributed by atoms with van der Waals surface area (Å²) >= 11 is 0. The van der Waals surface area contributed by atoms with E-state index >= 15 is 0 Å². The summed E-state index contributed by atoms with van der Waals surface area (Å²) in [5.74, 6) is 2.35. The van der Waals surface area contributed by atoms with Crippen molar-refractivity contribution >= 4 is 16.7 Å². The molecule has 0 N–H and O–H groups in total. The lowest BCUT2D eigenvalue weighted by atomic mass is 10.0. The van der Waals surface area contributed by atoms with E-state index in [1.54, 1.807) is 17.9 Å². The molecule has 1 saturated carbocycles. The van der Waals surface area contributed by atoms with E-state index < -0.39 is 0 Å². The van der Waals surface area contributed by atoms with Gasteiger partial charge in [-0.25, -0.2) is 9.97 Å². The van der Waals surface area contributed by atoms with E-state index in [0.29, 0.717) is 28.9 Å². The maximum Gasteiger partial charge on any atom is 0.280 e. The number of rotatable bonds is 4. The summed E-state index contributed by atoms with van der Waals surface area (Å²) in [5, 5.41) is 4.18. The second-order valence-electron chi connectivity index (χ2n) is 8.14. The lowest BCUT2D eigenvalue weighted by Crippen LogP contribution is -2.22. The van der Waals surface area contributed by atoms with Crippen molar-refractivity contribution in [2.24, 2.45) is 18.9 Å². The minimum Gasteiger partial charge on any atom is -0.337 e. The zero-order valence-electron chi connectivity index (χ0n) is 16.6. The van der Waals surface area contributed by atoms with Crippen LogP contribution >= 0.6 is 0 Å². The molecule has 9 heteroatoms. The molecule has 0 aliphatic heterocycles. The first-order valence-corrected chi connectivity index (χ1v) is 9.91. The van der Waals surface area contributed by atoms with Gasteiger partial charge in [0, 0.05) is 19.2 Å². The second-order valence-corrected chi connectivity index (χ2v) is 8.14. The predicted octanol–water partition coefficient (Wildman–Crippen LogP) is 2.08. The van der Waals surface area contributed by atoms with Crippen LogP contribution < -0.4 is 5.56 Å². The topological polar surface area (TPSA) is 105 Å². The molecule has 150 valence electrons. The molecule has 0 bridgehead atoms. The molecule has 0 amide bonds. The van der Waals surface area contributed by atoms with Crippen LogP contribution in [0.15, 0.2) is 46.4 Å². The van der Waals surface area contributed by atoms with Crippen LogP contribution in [0.25, 0.3) is 16.7 Å². The van der Waals surface area contributed by atoms with E-state index in [-0.39, 0.29) is 18.0 Å². The molecule has 30 heavy (non-hydrogen) atoms. The average Bonchev–Trinajstić information content (AvgIpc) is 3.16. The third-order valence-corrected chi connectivity index (χ3v) is 6.11. The van der Waals surface area contributed by atoms with Gasteiger partial charge in [0.2, 0.25) is 5.89 Å². The fourth-order valence-electron chi connectivity index (χ4n) is 4.45. The number of hydrogen-bond acceptors (Lipinski definition) is 7. The first-order valence-electron chi connectivity index (χ1n) is 9.91. The maximum absolute atomic E-state index is 12.7. The van der Waals surface area contributed by atoms with Crippen molar-refractivity contribution in [3.63, 3.8) is 0 Å². The Hall–Kier alpha value is -3.62. The van der Waals surface area contributed by atoms with E-state index in [4.69, 9.17) is 4.52 Å². The third-order valence-electron chi connectivity index (χ3n) is 6.11. The van der Waals surface area contributed by atoms with Gasteiger partial charge in [0.1, 0.15) is 12.9 Å². The van der Waals surface area contributed by atoms with E-state index in [1.165, 1.54) is 16.5 Å². The van der Waals surface area contributed by atoms with Crippen LogP contribution in [-0.2, 0) is 13.6 Å². The molecule has 4 heterocycles. The fraction of sp³-hybridized carbons (Fsp3) is 0.333. The summed E-state index contributed by atoms with van der Waals surface area (Å²) in [6, 6.07) is 4.17. The highest BCUT2D eigenvalue weighted by Gasteiger charge is 2.55. The molecule has 2 aliphatic rings. The molecule has 0 aromatic carbocycles. The van der Waals surface area contributed by atoms with Crippen molar-refractivity contribution < 1.29 is 4.52 Å². The van der Waals surface area contributed by atoms with Gasteiger partial charge in [-0.05, 0) is 42.4 Å². The van der Waals surface area contributed by atoms with Crippen LogP contribution in [0.1, 0.15) is 35.3 Å². The molecular weight excluding hydrogens is 382 g/mol. The minimum absolute atomic E-state index is 0.179. The van der Waals surface area contributed by atoms with Gasteiger partial charge in [0.15, 0.2) is 17.0 Å². The molecule has 3 unspecified atom stereocenters. The smallest absolute Gasteiger partial charge is 0.280 e. The lowest BCUT2D eigenvalue weighted by Gasteiger charge is -2.04. The summed E-state index contributed by atoms with van der Waals surface area (Å²) in [6.45, 7) is 2.23. The number of hydrogen-bond donors (Lipinski definition) is 0. The van der Waals surface area contributed by atoms with E-state index in [2.05, 4.69) is 43.3 Å². The number of aryl methyl sites for hydroxylation is 2. The van der Waals surface area contributed by atoms with Gasteiger partial charge in [-0.1, -0.05) is 17.3 Å². The van der Waals surface area contributed by atoms with E-state index in [0.717, 1.165) is 23.5 Å². The zero-order valence-corrected chi connectivity index (χ0v) is 16.6. The normalized spacial score (nSPS) is 22.3. The number of imidazole rings is 1. The van der Waals surface area contributed by atoms with Crippen LogP contribution in [0.3, 0.4) is 0 Å². The van der Waals surface area contributed by atoms with Crippen molar-refractivity contribution in [3.8, 4) is 0 Å². The Kier molecular flexibility index (Phi) is 3.56. The highest BCUT2D eigenvalue weighted by Crippen LogP contribution is 2.62. The Morgan fingerprint density at radius 3 is 2.83 bits per heavy atom. The van der Waals surface area contributed by atoms with Crippen LogP contribution in [0, 0.1) is 18.8 Å². The molecule has 4 aromatic rings. The summed E-state index contributed by atoms with van der Waals surface area (Å²) in [7, 11) is 1.77. The van der Waals surface area contributed by atoms with Crippen LogP contribution in [0.2, 0.25) is 0 Å². The highest BCUT2D eigenvalue weighted by molar-refractivity contribution is 5.69. The summed E-state index contributed by atoms with van der Waals surface area (Å²) in [6.07, 6.45) is 8.23. The Labute approximate surface area is 171 Å². The molecule has 0 radical (unpaired) electrons. The third kappa shape index (κ3) is 2.62. The Balaban J connectivity index is 1.20. The molecular formula is C21H19N7O2. The van der Waals surface area contributed by atoms with Crippen molar-refractivity contribution in [1.29, 1.82) is 0 Å². The van der Waals surface area contributed by atoms with Crippen molar-refractivity contribution in [2.75, 3.05) is 0 Å². The fourth-order valence-corrected chi connectivity index (χ4v) is 4.45. The maximum atomic E-state index is 12.7. The first-order chi connectivity index (χ1) is 14.6. The molecule has 9 nitrogen and oxygen atoms in total. The lowest BCUT2D eigenvalue weighted by molar-refractivity contribution is 0.364. The van der Waals surface area contributed by atoms with Gasteiger partial charge in [-0.2, -0.15) is 4.98 Å². The number of pyridine rings is 1. The molecule has 4 aromatic heterocycles. The van der Waals surface area contributed by atoms with Gasteiger partial charge in [0.25, 0.3) is 5.56 Å². The predicted molar refractivity (Wildman–Crippen MR) is 107 cm³/mol. The van der Waals surface area contributed by atoms with Gasteiger partial charge in [-0.15, -0.1) is 0 Å². The Bertz CT molecular complexity index is 1360. The molecule has 3 atom stereocenters. The number of allylic oxidation sites excluding steroid dienone is 2. The SMILES string of the molecule is Cc1ccc(C2=CC3C(C2)C3c2noc(Cn3cnc4ncn(C)c4c3=O)n2)nc1. The number of nitrogens with zero attached hydrogens (tertiary/aromatic N) is 7. The quantitative estimate of drug-likeness (QED) is 0.515. The summed E-state index contributed by atoms with van der Waals surface area (Å²) < 4.78 is 8.57. The van der Waals surface area contributed by atoms with Crippen LogP contribution in [-0.4, -0.2) is 34.2 Å². The van der Waals surface area contributed by atoms with Gasteiger partial charge >= 0.3 is 0 Å². The Morgan fingerprint density at radius 2 is 2.07 bits per heavy atom. The number of aromatic nitrogens is 7. The van der Waals surface area contributed by atoms with Crippen molar-refractivity contribution in [2.45, 2.75) is 25.8 Å². The van der Waals surface area contributed by atoms with Gasteiger partial charge in [0.05, 0.1) is 12.0 Å². The highest BCUT2D eigenvalue weighted by atomic mass is 16.5. The Morgan fingerprint density at radius 1 is 1.20 bits per heavy atom. The average molecular weight is 401 g/mol. The summed E-state index contributed by atoms with van der Waals surface area (Å²) in [4.78, 5) is 30.1. The van der Waals surface area contributed by atoms with Gasteiger partial charge < -0.3 is 9.09 Å². The van der Waals surface area contributed by atoms with E-state index in [1.807, 2.05) is 13.1 Å². The monoisotopic (exact) mass is 401 g/mol. The van der Waals surface area contributed by atoms with Crippen molar-refractivity contribution in [3.05, 3.63) is 70.4 Å². The molecule has 2 aliphatic carbocycles. The number of fused-ring (bicyclic) bond motifs is 2. The molecule has 6 rings (SSSR count). The largest absolute Gasteiger partial charge is 0.337 e. The van der Waals surface area contributed by atoms with Gasteiger partial charge in [-0.3, -0.25) is 14.3 Å². The van der Waals surface area contributed by atoms with Crippen molar-refractivity contribution in [1.82, 2.24) is 34.2 Å². The standard InChI is InChI=1S/C21H19N7O2/c1-11-3-4-15(22-7-11)12-5-13-14(6-12)17(13)19-25-16(30-26-19)8-28-10-24-20-18(21(28)29)27(2)9-23-20/h3-5,7,9-10,13-14,17H,6,8H2,1-2H3. The molecule has 0 saturated heterocycles. The van der Waals surface area contributed by atoms with Crippen LogP contribution in [0.4, 0.5) is 0 Å². The van der Waals surface area contributed by atoms with E-state index in [9.17, 15) is 4.79 Å². The minimum atomic E-state index is -0.179.